The fourth-order valence-electron chi connectivity index (χ4n) is 2.09. The molecule has 13 heteroatoms. The van der Waals surface area contributed by atoms with Crippen molar-refractivity contribution in [2.24, 2.45) is 0 Å². The number of halogens is 8. The van der Waals surface area contributed by atoms with E-state index in [4.69, 9.17) is 0 Å². The number of carbonyl (C=O) groups excluding carboxylic acids is 1. The highest BCUT2D eigenvalue weighted by atomic mass is 19.4. The predicted octanol–water partition coefficient (Wildman–Crippen LogP) is 1.85. The van der Waals surface area contributed by atoms with Crippen LogP contribution in [0.4, 0.5) is 39.9 Å². The monoisotopic (exact) mass is 364 g/mol. The summed E-state index contributed by atoms with van der Waals surface area (Å²) < 4.78 is 102. The molecule has 0 saturated carbocycles. The third-order valence-electron chi connectivity index (χ3n) is 3.23. The van der Waals surface area contributed by atoms with E-state index in [0.717, 1.165) is 0 Å². The molecule has 1 aromatic rings. The Morgan fingerprint density at radius 1 is 1.04 bits per heavy atom. The highest BCUT2D eigenvalue weighted by Gasteiger charge is 2.62. The minimum Gasteiger partial charge on any atom is -0.530 e. The minimum atomic E-state index is -6.22. The first kappa shape index (κ1) is 18.1. The van der Waals surface area contributed by atoms with Crippen LogP contribution >= 0.6 is 0 Å². The molecule has 1 aromatic heterocycles. The van der Waals surface area contributed by atoms with Gasteiger partial charge in [0.1, 0.15) is 6.09 Å². The number of hydrogen-bond acceptors (Lipinski definition) is 4. The molecule has 1 aliphatic heterocycles. The van der Waals surface area contributed by atoms with Gasteiger partial charge in [-0.25, -0.2) is 9.97 Å². The topological polar surface area (TPSA) is 69.2 Å². The van der Waals surface area contributed by atoms with Crippen molar-refractivity contribution in [1.82, 2.24) is 14.9 Å². The van der Waals surface area contributed by atoms with Crippen LogP contribution in [0.1, 0.15) is 22.8 Å². The summed E-state index contributed by atoms with van der Waals surface area (Å²) in [5, 5.41) is 10.7. The summed E-state index contributed by atoms with van der Waals surface area (Å²) in [7, 11) is 0. The van der Waals surface area contributed by atoms with Crippen LogP contribution in [0.2, 0.25) is 0 Å². The molecule has 0 unspecified atom stereocenters. The van der Waals surface area contributed by atoms with Gasteiger partial charge in [-0.2, -0.15) is 35.1 Å². The van der Waals surface area contributed by atoms with E-state index in [1.165, 1.54) is 0 Å². The van der Waals surface area contributed by atoms with Crippen molar-refractivity contribution in [1.29, 1.82) is 0 Å². The normalized spacial score (nSPS) is 16.1. The van der Waals surface area contributed by atoms with E-state index in [2.05, 4.69) is 9.97 Å². The minimum absolute atomic E-state index is 0.436. The predicted molar refractivity (Wildman–Crippen MR) is 56.5 cm³/mol. The van der Waals surface area contributed by atoms with Gasteiger partial charge in [-0.15, -0.1) is 0 Å². The molecule has 1 amide bonds. The second-order valence-electron chi connectivity index (χ2n) is 4.83. The average molecular weight is 364 g/mol. The van der Waals surface area contributed by atoms with E-state index in [0.29, 0.717) is 4.90 Å². The van der Waals surface area contributed by atoms with Crippen molar-refractivity contribution in [2.45, 2.75) is 31.2 Å². The quantitative estimate of drug-likeness (QED) is 0.714. The number of fused-ring (bicyclic) bond motifs is 1. The molecule has 0 spiro atoms. The van der Waals surface area contributed by atoms with E-state index in [-0.39, 0.29) is 0 Å². The highest BCUT2D eigenvalue weighted by Crippen LogP contribution is 2.44. The molecule has 2 rings (SSSR count). The van der Waals surface area contributed by atoms with Gasteiger partial charge in [-0.05, 0) is 6.42 Å². The summed E-state index contributed by atoms with van der Waals surface area (Å²) >= 11 is 0. The van der Waals surface area contributed by atoms with Crippen molar-refractivity contribution < 1.29 is 45.0 Å². The highest BCUT2D eigenvalue weighted by molar-refractivity contribution is 5.63. The zero-order valence-corrected chi connectivity index (χ0v) is 11.3. The molecule has 0 atom stereocenters. The van der Waals surface area contributed by atoms with Crippen LogP contribution in [0.5, 0.6) is 0 Å². The molecule has 2 heterocycles. The molecule has 1 aliphatic rings. The molecule has 0 aromatic carbocycles. The van der Waals surface area contributed by atoms with Crippen LogP contribution in [0.25, 0.3) is 0 Å². The summed E-state index contributed by atoms with van der Waals surface area (Å²) in [5.74, 6) is -8.12. The zero-order chi connectivity index (χ0) is 18.5. The van der Waals surface area contributed by atoms with Crippen molar-refractivity contribution in [3.63, 3.8) is 0 Å². The van der Waals surface area contributed by atoms with Gasteiger partial charge in [0.15, 0.2) is 5.69 Å². The largest absolute Gasteiger partial charge is 0.530 e. The van der Waals surface area contributed by atoms with Crippen LogP contribution in [-0.2, 0) is 25.1 Å². The smallest absolute Gasteiger partial charge is 0.461 e. The van der Waals surface area contributed by atoms with E-state index >= 15 is 0 Å². The maximum absolute atomic E-state index is 13.3. The standard InChI is InChI=1S/C11H7F8N3O2/c12-9(13,11(17,18)19)7-20-5-3-22(8(23)24)2-1-4(5)6(21-7)10(14,15)16/h1-3H2,(H,23,24)/p-1. The SMILES string of the molecule is O=C([O-])N1CCc2c(nc(C(F)(F)C(F)(F)F)nc2C(F)(F)F)C1. The zero-order valence-electron chi connectivity index (χ0n) is 11.3. The first-order chi connectivity index (χ1) is 10.7. The number of rotatable bonds is 1. The summed E-state index contributed by atoms with van der Waals surface area (Å²) in [6.45, 7) is -1.37. The number of hydrogen-bond donors (Lipinski definition) is 0. The summed E-state index contributed by atoms with van der Waals surface area (Å²) in [6.07, 6.45) is -14.0. The third-order valence-corrected chi connectivity index (χ3v) is 3.23. The third kappa shape index (κ3) is 3.06. The van der Waals surface area contributed by atoms with E-state index in [1.807, 2.05) is 0 Å². The maximum atomic E-state index is 13.3. The molecule has 0 radical (unpaired) electrons. The lowest BCUT2D eigenvalue weighted by atomic mass is 10.0. The lowest BCUT2D eigenvalue weighted by Gasteiger charge is -2.32. The van der Waals surface area contributed by atoms with Gasteiger partial charge >= 0.3 is 18.3 Å². The molecular formula is C11H6F8N3O2-. The molecule has 0 saturated heterocycles. The Morgan fingerprint density at radius 2 is 1.62 bits per heavy atom. The van der Waals surface area contributed by atoms with Crippen LogP contribution in [-0.4, -0.2) is 33.7 Å². The Bertz CT molecular complexity index is 670. The van der Waals surface area contributed by atoms with Crippen molar-refractivity contribution in [3.8, 4) is 0 Å². The number of carbonyl (C=O) groups is 1. The van der Waals surface area contributed by atoms with Gasteiger partial charge in [0, 0.05) is 12.1 Å². The molecule has 134 valence electrons. The Labute approximate surface area is 127 Å². The number of aromatic nitrogens is 2. The number of carboxylic acid groups (broad SMARTS) is 1. The molecule has 0 fully saturated rings. The van der Waals surface area contributed by atoms with Gasteiger partial charge in [-0.1, -0.05) is 0 Å². The summed E-state index contributed by atoms with van der Waals surface area (Å²) in [6, 6.07) is 0. The average Bonchev–Trinajstić information content (AvgIpc) is 2.42. The maximum Gasteiger partial charge on any atom is 0.461 e. The Kier molecular flexibility index (Phi) is 4.09. The molecule has 0 aliphatic carbocycles. The van der Waals surface area contributed by atoms with Gasteiger partial charge in [0.25, 0.3) is 0 Å². The Morgan fingerprint density at radius 3 is 2.08 bits per heavy atom. The van der Waals surface area contributed by atoms with Gasteiger partial charge in [-0.3, -0.25) is 0 Å². The summed E-state index contributed by atoms with van der Waals surface area (Å²) in [4.78, 5) is 16.4. The van der Waals surface area contributed by atoms with E-state index in [9.17, 15) is 45.0 Å². The Balaban J connectivity index is 2.65. The Hall–Kier alpha value is -2.21. The number of alkyl halides is 8. The van der Waals surface area contributed by atoms with Crippen LogP contribution in [0.3, 0.4) is 0 Å². The second kappa shape index (κ2) is 5.41. The van der Waals surface area contributed by atoms with E-state index < -0.39 is 66.7 Å². The van der Waals surface area contributed by atoms with E-state index in [1.54, 1.807) is 0 Å². The molecular weight excluding hydrogens is 358 g/mol. The fourth-order valence-corrected chi connectivity index (χ4v) is 2.09. The molecule has 0 bridgehead atoms. The van der Waals surface area contributed by atoms with Crippen molar-refractivity contribution >= 4 is 6.09 Å². The summed E-state index contributed by atoms with van der Waals surface area (Å²) in [5.41, 5.74) is -3.53. The first-order valence-electron chi connectivity index (χ1n) is 6.13. The van der Waals surface area contributed by atoms with Gasteiger partial charge < -0.3 is 14.8 Å². The van der Waals surface area contributed by atoms with Gasteiger partial charge in [0.2, 0.25) is 5.82 Å². The number of amides is 1. The lowest BCUT2D eigenvalue weighted by molar-refractivity contribution is -0.293. The molecule has 24 heavy (non-hydrogen) atoms. The molecule has 0 N–H and O–H groups in total. The second-order valence-corrected chi connectivity index (χ2v) is 4.83. The van der Waals surface area contributed by atoms with Crippen LogP contribution in [0, 0.1) is 0 Å². The molecule has 5 nitrogen and oxygen atoms in total. The van der Waals surface area contributed by atoms with Crippen LogP contribution < -0.4 is 5.11 Å². The number of nitrogens with zero attached hydrogens (tertiary/aromatic N) is 3. The van der Waals surface area contributed by atoms with Crippen LogP contribution in [0.15, 0.2) is 0 Å². The van der Waals surface area contributed by atoms with Crippen molar-refractivity contribution in [3.05, 3.63) is 22.8 Å². The van der Waals surface area contributed by atoms with Gasteiger partial charge in [0.05, 0.1) is 12.2 Å². The first-order valence-corrected chi connectivity index (χ1v) is 6.13. The fraction of sp³-hybridized carbons (Fsp3) is 0.545. The lowest BCUT2D eigenvalue weighted by Crippen LogP contribution is -2.45. The van der Waals surface area contributed by atoms with Crippen molar-refractivity contribution in [2.75, 3.05) is 6.54 Å².